The molecule has 0 saturated carbocycles. The summed E-state index contributed by atoms with van der Waals surface area (Å²) in [5.41, 5.74) is 3.32. The number of hydrogen-bond donors (Lipinski definition) is 2. The van der Waals surface area contributed by atoms with Gasteiger partial charge in [-0.1, -0.05) is 42.5 Å². The lowest BCUT2D eigenvalue weighted by molar-refractivity contribution is -0.131. The van der Waals surface area contributed by atoms with Crippen molar-refractivity contribution in [3.8, 4) is 0 Å². The number of likely N-dealkylation sites (tertiary alicyclic amines) is 1. The van der Waals surface area contributed by atoms with E-state index in [1.807, 2.05) is 30.3 Å². The smallest absolute Gasteiger partial charge is 0.328 e. The lowest BCUT2D eigenvalue weighted by Gasteiger charge is -2.17. The van der Waals surface area contributed by atoms with E-state index in [1.54, 1.807) is 6.08 Å². The molecule has 0 unspecified atom stereocenters. The molecule has 1 fully saturated rings. The third-order valence-electron chi connectivity index (χ3n) is 4.22. The summed E-state index contributed by atoms with van der Waals surface area (Å²) in [6.45, 7) is 3.14. The molecular formula is C20H22N2O2. The Kier molecular flexibility index (Phi) is 5.29. The van der Waals surface area contributed by atoms with Crippen LogP contribution in [0, 0.1) is 0 Å². The second kappa shape index (κ2) is 7.79. The second-order valence-corrected chi connectivity index (χ2v) is 6.14. The van der Waals surface area contributed by atoms with Gasteiger partial charge in [0.2, 0.25) is 0 Å². The largest absolute Gasteiger partial charge is 0.478 e. The summed E-state index contributed by atoms with van der Waals surface area (Å²) in [6, 6.07) is 18.9. The average Bonchev–Trinajstić information content (AvgIpc) is 3.02. The minimum atomic E-state index is -0.929. The predicted molar refractivity (Wildman–Crippen MR) is 96.9 cm³/mol. The first kappa shape index (κ1) is 16.3. The normalized spacial score (nSPS) is 18.1. The molecule has 0 radical (unpaired) electrons. The summed E-state index contributed by atoms with van der Waals surface area (Å²) >= 11 is 0. The standard InChI is InChI=1S/C20H22N2O2/c23-20(24)11-8-16-6-9-18(10-7-16)21-19-12-13-22(15-19)14-17-4-2-1-3-5-17/h1-11,19,21H,12-15H2,(H,23,24)/b11-8+/t19-/m1/s1. The minimum absolute atomic E-state index is 0.453. The lowest BCUT2D eigenvalue weighted by atomic mass is 10.1. The van der Waals surface area contributed by atoms with Gasteiger partial charge in [0.15, 0.2) is 0 Å². The number of benzene rings is 2. The summed E-state index contributed by atoms with van der Waals surface area (Å²) in [7, 11) is 0. The van der Waals surface area contributed by atoms with Crippen LogP contribution in [0.1, 0.15) is 17.5 Å². The fourth-order valence-electron chi connectivity index (χ4n) is 3.03. The van der Waals surface area contributed by atoms with Crippen molar-refractivity contribution in [1.29, 1.82) is 0 Å². The molecule has 0 bridgehead atoms. The van der Waals surface area contributed by atoms with Crippen molar-refractivity contribution in [2.45, 2.75) is 19.0 Å². The summed E-state index contributed by atoms with van der Waals surface area (Å²) < 4.78 is 0. The molecule has 1 saturated heterocycles. The molecule has 0 amide bonds. The Morgan fingerprint density at radius 2 is 1.92 bits per heavy atom. The van der Waals surface area contributed by atoms with Crippen LogP contribution in [0.15, 0.2) is 60.7 Å². The first-order valence-corrected chi connectivity index (χ1v) is 8.23. The number of nitrogens with zero attached hydrogens (tertiary/aromatic N) is 1. The van der Waals surface area contributed by atoms with Crippen LogP contribution in [-0.4, -0.2) is 35.1 Å². The predicted octanol–water partition coefficient (Wildman–Crippen LogP) is 3.47. The highest BCUT2D eigenvalue weighted by atomic mass is 16.4. The number of carboxylic acids is 1. The molecule has 4 heteroatoms. The third kappa shape index (κ3) is 4.70. The first-order valence-electron chi connectivity index (χ1n) is 8.23. The van der Waals surface area contributed by atoms with Crippen molar-refractivity contribution >= 4 is 17.7 Å². The zero-order valence-electron chi connectivity index (χ0n) is 13.6. The molecule has 1 atom stereocenters. The summed E-state index contributed by atoms with van der Waals surface area (Å²) in [5.74, 6) is -0.929. The Hall–Kier alpha value is -2.59. The number of carboxylic acid groups (broad SMARTS) is 1. The molecular weight excluding hydrogens is 300 g/mol. The zero-order valence-corrected chi connectivity index (χ0v) is 13.6. The molecule has 1 aliphatic heterocycles. The number of nitrogens with one attached hydrogen (secondary N) is 1. The zero-order chi connectivity index (χ0) is 16.8. The van der Waals surface area contributed by atoms with Crippen molar-refractivity contribution in [1.82, 2.24) is 4.90 Å². The van der Waals surface area contributed by atoms with Crippen LogP contribution in [0.3, 0.4) is 0 Å². The highest BCUT2D eigenvalue weighted by Crippen LogP contribution is 2.18. The van der Waals surface area contributed by atoms with E-state index in [2.05, 4.69) is 34.5 Å². The van der Waals surface area contributed by atoms with Gasteiger partial charge < -0.3 is 10.4 Å². The van der Waals surface area contributed by atoms with Crippen LogP contribution in [0.5, 0.6) is 0 Å². The van der Waals surface area contributed by atoms with Gasteiger partial charge in [0.05, 0.1) is 0 Å². The Morgan fingerprint density at radius 3 is 2.62 bits per heavy atom. The Bertz CT molecular complexity index is 695. The summed E-state index contributed by atoms with van der Waals surface area (Å²) in [6.07, 6.45) is 3.89. The van der Waals surface area contributed by atoms with Crippen LogP contribution in [0.25, 0.3) is 6.08 Å². The second-order valence-electron chi connectivity index (χ2n) is 6.14. The number of rotatable bonds is 6. The fraction of sp³-hybridized carbons (Fsp3) is 0.250. The van der Waals surface area contributed by atoms with E-state index >= 15 is 0 Å². The lowest BCUT2D eigenvalue weighted by Crippen LogP contribution is -2.25. The molecule has 24 heavy (non-hydrogen) atoms. The topological polar surface area (TPSA) is 52.6 Å². The Balaban J connectivity index is 1.51. The monoisotopic (exact) mass is 322 g/mol. The van der Waals surface area contributed by atoms with Crippen LogP contribution in [-0.2, 0) is 11.3 Å². The van der Waals surface area contributed by atoms with E-state index in [0.29, 0.717) is 6.04 Å². The SMILES string of the molecule is O=C(O)/C=C/c1ccc(N[C@@H]2CCN(Cc3ccccc3)C2)cc1. The van der Waals surface area contributed by atoms with Crippen LogP contribution in [0.2, 0.25) is 0 Å². The maximum atomic E-state index is 10.5. The van der Waals surface area contributed by atoms with E-state index in [4.69, 9.17) is 5.11 Å². The Labute approximate surface area is 142 Å². The van der Waals surface area contributed by atoms with E-state index in [9.17, 15) is 4.79 Å². The molecule has 0 aromatic heterocycles. The number of hydrogen-bond acceptors (Lipinski definition) is 3. The van der Waals surface area contributed by atoms with Gasteiger partial charge in [-0.05, 0) is 35.8 Å². The molecule has 2 N–H and O–H groups in total. The van der Waals surface area contributed by atoms with Crippen molar-refractivity contribution in [3.63, 3.8) is 0 Å². The van der Waals surface area contributed by atoms with Gasteiger partial charge in [0, 0.05) is 37.4 Å². The van der Waals surface area contributed by atoms with Crippen molar-refractivity contribution in [2.24, 2.45) is 0 Å². The van der Waals surface area contributed by atoms with Crippen molar-refractivity contribution in [2.75, 3.05) is 18.4 Å². The summed E-state index contributed by atoms with van der Waals surface area (Å²) in [4.78, 5) is 13.0. The minimum Gasteiger partial charge on any atom is -0.478 e. The molecule has 124 valence electrons. The van der Waals surface area contributed by atoms with Gasteiger partial charge >= 0.3 is 5.97 Å². The van der Waals surface area contributed by atoms with Crippen LogP contribution in [0.4, 0.5) is 5.69 Å². The molecule has 1 aliphatic rings. The number of carbonyl (C=O) groups is 1. The molecule has 2 aromatic rings. The van der Waals surface area contributed by atoms with Crippen molar-refractivity contribution < 1.29 is 9.90 Å². The maximum Gasteiger partial charge on any atom is 0.328 e. The Morgan fingerprint density at radius 1 is 1.17 bits per heavy atom. The van der Waals surface area contributed by atoms with Gasteiger partial charge in [0.1, 0.15) is 0 Å². The third-order valence-corrected chi connectivity index (χ3v) is 4.22. The quantitative estimate of drug-likeness (QED) is 0.800. The maximum absolute atomic E-state index is 10.5. The number of aliphatic carboxylic acids is 1. The fourth-order valence-corrected chi connectivity index (χ4v) is 3.03. The van der Waals surface area contributed by atoms with Gasteiger partial charge in [0.25, 0.3) is 0 Å². The van der Waals surface area contributed by atoms with E-state index in [-0.39, 0.29) is 0 Å². The van der Waals surface area contributed by atoms with E-state index in [0.717, 1.165) is 43.4 Å². The van der Waals surface area contributed by atoms with Gasteiger partial charge in [-0.3, -0.25) is 4.90 Å². The molecule has 0 spiro atoms. The van der Waals surface area contributed by atoms with Crippen LogP contribution < -0.4 is 5.32 Å². The van der Waals surface area contributed by atoms with Gasteiger partial charge in [-0.25, -0.2) is 4.79 Å². The first-order chi connectivity index (χ1) is 11.7. The molecule has 3 rings (SSSR count). The van der Waals surface area contributed by atoms with Crippen LogP contribution >= 0.6 is 0 Å². The van der Waals surface area contributed by atoms with E-state index in [1.165, 1.54) is 5.56 Å². The highest BCUT2D eigenvalue weighted by Gasteiger charge is 2.22. The van der Waals surface area contributed by atoms with E-state index < -0.39 is 5.97 Å². The molecule has 4 nitrogen and oxygen atoms in total. The highest BCUT2D eigenvalue weighted by molar-refractivity contribution is 5.85. The molecule has 0 aliphatic carbocycles. The summed E-state index contributed by atoms with van der Waals surface area (Å²) in [5, 5.41) is 12.2. The number of anilines is 1. The van der Waals surface area contributed by atoms with Gasteiger partial charge in [-0.2, -0.15) is 0 Å². The molecule has 1 heterocycles. The average molecular weight is 322 g/mol. The van der Waals surface area contributed by atoms with Crippen molar-refractivity contribution in [3.05, 3.63) is 71.8 Å². The van der Waals surface area contributed by atoms with Gasteiger partial charge in [-0.15, -0.1) is 0 Å². The molecule has 2 aromatic carbocycles.